The third-order valence-corrected chi connectivity index (χ3v) is 3.95. The van der Waals surface area contributed by atoms with Crippen molar-refractivity contribution in [2.75, 3.05) is 0 Å². The summed E-state index contributed by atoms with van der Waals surface area (Å²) >= 11 is 11.6. The van der Waals surface area contributed by atoms with Gasteiger partial charge in [0.05, 0.1) is 11.5 Å². The Kier molecular flexibility index (Phi) is 5.15. The highest BCUT2D eigenvalue weighted by Crippen LogP contribution is 2.25. The van der Waals surface area contributed by atoms with Gasteiger partial charge in [0.1, 0.15) is 5.02 Å². The SMILES string of the molecule is O=C(NCc1nc(-c2ccc(Cl)cc2)no1)c1ccc(Cl)c([N+](=O)[O-])c1. The van der Waals surface area contributed by atoms with Crippen LogP contribution in [0, 0.1) is 10.1 Å². The van der Waals surface area contributed by atoms with Gasteiger partial charge in [-0.25, -0.2) is 0 Å². The van der Waals surface area contributed by atoms with Crippen LogP contribution in [0.4, 0.5) is 5.69 Å². The number of nitro benzene ring substituents is 1. The molecule has 10 heteroatoms. The summed E-state index contributed by atoms with van der Waals surface area (Å²) in [5.74, 6) is 0.0100. The molecular formula is C16H10Cl2N4O4. The van der Waals surface area contributed by atoms with Crippen LogP contribution in [0.25, 0.3) is 11.4 Å². The largest absolute Gasteiger partial charge is 0.343 e. The first kappa shape index (κ1) is 17.8. The van der Waals surface area contributed by atoms with Gasteiger partial charge in [0.25, 0.3) is 11.6 Å². The standard InChI is InChI=1S/C16H10Cl2N4O4/c17-11-4-1-9(2-5-11)15-20-14(26-21-15)8-19-16(23)10-3-6-12(18)13(7-10)22(24)25/h1-7H,8H2,(H,19,23). The van der Waals surface area contributed by atoms with Crippen molar-refractivity contribution in [1.82, 2.24) is 15.5 Å². The zero-order valence-corrected chi connectivity index (χ0v) is 14.5. The second-order valence-corrected chi connectivity index (χ2v) is 5.97. The summed E-state index contributed by atoms with van der Waals surface area (Å²) in [4.78, 5) is 26.5. The Hall–Kier alpha value is -2.97. The molecule has 8 nitrogen and oxygen atoms in total. The lowest BCUT2D eigenvalue weighted by Gasteiger charge is -2.03. The molecular weight excluding hydrogens is 383 g/mol. The number of aromatic nitrogens is 2. The van der Waals surface area contributed by atoms with E-state index in [9.17, 15) is 14.9 Å². The van der Waals surface area contributed by atoms with Gasteiger partial charge in [0.15, 0.2) is 0 Å². The van der Waals surface area contributed by atoms with Crippen LogP contribution in [-0.2, 0) is 6.54 Å². The van der Waals surface area contributed by atoms with Crippen LogP contribution in [0.5, 0.6) is 0 Å². The minimum Gasteiger partial charge on any atom is -0.343 e. The zero-order valence-electron chi connectivity index (χ0n) is 13.0. The van der Waals surface area contributed by atoms with Crippen molar-refractivity contribution in [2.45, 2.75) is 6.54 Å². The highest BCUT2D eigenvalue weighted by atomic mass is 35.5. The highest BCUT2D eigenvalue weighted by Gasteiger charge is 2.17. The van der Waals surface area contributed by atoms with E-state index in [1.165, 1.54) is 12.1 Å². The monoisotopic (exact) mass is 392 g/mol. The van der Waals surface area contributed by atoms with Crippen LogP contribution >= 0.6 is 23.2 Å². The van der Waals surface area contributed by atoms with Gasteiger partial charge >= 0.3 is 0 Å². The summed E-state index contributed by atoms with van der Waals surface area (Å²) in [5, 5.41) is 17.8. The maximum Gasteiger partial charge on any atom is 0.288 e. The predicted octanol–water partition coefficient (Wildman–Crippen LogP) is 3.88. The molecule has 1 aromatic heterocycles. The first-order valence-corrected chi connectivity index (χ1v) is 8.00. The summed E-state index contributed by atoms with van der Waals surface area (Å²) in [6.07, 6.45) is 0. The van der Waals surface area contributed by atoms with E-state index in [0.717, 1.165) is 6.07 Å². The number of hydrogen-bond donors (Lipinski definition) is 1. The molecule has 0 aliphatic heterocycles. The summed E-state index contributed by atoms with van der Waals surface area (Å²) in [5.41, 5.74) is 0.463. The molecule has 0 saturated carbocycles. The Bertz CT molecular complexity index is 973. The van der Waals surface area contributed by atoms with Crippen LogP contribution in [0.2, 0.25) is 10.0 Å². The average Bonchev–Trinajstić information content (AvgIpc) is 3.09. The lowest BCUT2D eigenvalue weighted by Crippen LogP contribution is -2.23. The van der Waals surface area contributed by atoms with Crippen molar-refractivity contribution in [3.05, 3.63) is 74.1 Å². The third kappa shape index (κ3) is 3.98. The van der Waals surface area contributed by atoms with Gasteiger partial charge in [-0.15, -0.1) is 0 Å². The first-order valence-electron chi connectivity index (χ1n) is 7.24. The molecule has 132 valence electrons. The summed E-state index contributed by atoms with van der Waals surface area (Å²) in [6, 6.07) is 10.7. The summed E-state index contributed by atoms with van der Waals surface area (Å²) < 4.78 is 5.08. The molecule has 0 aliphatic carbocycles. The maximum absolute atomic E-state index is 12.1. The zero-order chi connectivity index (χ0) is 18.7. The van der Waals surface area contributed by atoms with E-state index < -0.39 is 10.8 Å². The highest BCUT2D eigenvalue weighted by molar-refractivity contribution is 6.32. The molecule has 0 radical (unpaired) electrons. The van der Waals surface area contributed by atoms with E-state index in [0.29, 0.717) is 16.4 Å². The number of nitro groups is 1. The van der Waals surface area contributed by atoms with Crippen molar-refractivity contribution in [2.24, 2.45) is 0 Å². The van der Waals surface area contributed by atoms with Gasteiger partial charge in [-0.2, -0.15) is 4.98 Å². The fourth-order valence-electron chi connectivity index (χ4n) is 2.09. The quantitative estimate of drug-likeness (QED) is 0.520. The van der Waals surface area contributed by atoms with Gasteiger partial charge in [0.2, 0.25) is 11.7 Å². The molecule has 1 heterocycles. The number of benzene rings is 2. The first-order chi connectivity index (χ1) is 12.4. The van der Waals surface area contributed by atoms with Gasteiger partial charge in [-0.3, -0.25) is 14.9 Å². The van der Waals surface area contributed by atoms with Gasteiger partial charge < -0.3 is 9.84 Å². The molecule has 0 spiro atoms. The number of amides is 1. The fraction of sp³-hybridized carbons (Fsp3) is 0.0625. The van der Waals surface area contributed by atoms with E-state index >= 15 is 0 Å². The molecule has 0 unspecified atom stereocenters. The van der Waals surface area contributed by atoms with Crippen LogP contribution in [0.3, 0.4) is 0 Å². The topological polar surface area (TPSA) is 111 Å². The van der Waals surface area contributed by atoms with Crippen molar-refractivity contribution in [3.8, 4) is 11.4 Å². The van der Waals surface area contributed by atoms with Crippen molar-refractivity contribution < 1.29 is 14.2 Å². The average molecular weight is 393 g/mol. The van der Waals surface area contributed by atoms with Crippen LogP contribution in [-0.4, -0.2) is 21.0 Å². The molecule has 1 amide bonds. The second kappa shape index (κ2) is 7.51. The molecule has 0 aliphatic rings. The summed E-state index contributed by atoms with van der Waals surface area (Å²) in [7, 11) is 0. The molecule has 3 rings (SSSR count). The molecule has 2 aromatic carbocycles. The number of carbonyl (C=O) groups is 1. The number of hydrogen-bond acceptors (Lipinski definition) is 6. The van der Waals surface area contributed by atoms with Crippen molar-refractivity contribution in [1.29, 1.82) is 0 Å². The molecule has 3 aromatic rings. The van der Waals surface area contributed by atoms with E-state index in [1.54, 1.807) is 24.3 Å². The second-order valence-electron chi connectivity index (χ2n) is 5.12. The Balaban J connectivity index is 1.68. The summed E-state index contributed by atoms with van der Waals surface area (Å²) in [6.45, 7) is -0.0319. The predicted molar refractivity (Wildman–Crippen MR) is 94.0 cm³/mol. The van der Waals surface area contributed by atoms with Crippen LogP contribution in [0.15, 0.2) is 47.0 Å². The normalized spacial score (nSPS) is 10.5. The number of nitrogens with zero attached hydrogens (tertiary/aromatic N) is 3. The number of halogens is 2. The minimum atomic E-state index is -0.657. The molecule has 0 bridgehead atoms. The molecule has 0 atom stereocenters. The Morgan fingerprint density at radius 1 is 1.19 bits per heavy atom. The minimum absolute atomic E-state index is 0.0319. The Morgan fingerprint density at radius 3 is 2.62 bits per heavy atom. The van der Waals surface area contributed by atoms with Gasteiger partial charge in [-0.1, -0.05) is 28.4 Å². The van der Waals surface area contributed by atoms with Crippen LogP contribution in [0.1, 0.15) is 16.2 Å². The van der Waals surface area contributed by atoms with E-state index in [1.807, 2.05) is 0 Å². The smallest absolute Gasteiger partial charge is 0.288 e. The molecule has 0 saturated heterocycles. The molecule has 1 N–H and O–H groups in total. The van der Waals surface area contributed by atoms with E-state index in [-0.39, 0.29) is 28.7 Å². The fourth-order valence-corrected chi connectivity index (χ4v) is 2.41. The van der Waals surface area contributed by atoms with E-state index in [4.69, 9.17) is 27.7 Å². The Labute approximate surface area is 156 Å². The Morgan fingerprint density at radius 2 is 1.92 bits per heavy atom. The molecule has 26 heavy (non-hydrogen) atoms. The van der Waals surface area contributed by atoms with Gasteiger partial charge in [-0.05, 0) is 36.4 Å². The number of nitrogens with one attached hydrogen (secondary N) is 1. The maximum atomic E-state index is 12.1. The van der Waals surface area contributed by atoms with Crippen molar-refractivity contribution in [3.63, 3.8) is 0 Å². The van der Waals surface area contributed by atoms with Gasteiger partial charge in [0, 0.05) is 22.2 Å². The lowest BCUT2D eigenvalue weighted by molar-refractivity contribution is -0.384. The lowest BCUT2D eigenvalue weighted by atomic mass is 10.2. The third-order valence-electron chi connectivity index (χ3n) is 3.38. The molecule has 0 fully saturated rings. The van der Waals surface area contributed by atoms with Crippen molar-refractivity contribution >= 4 is 34.8 Å². The number of rotatable bonds is 5. The van der Waals surface area contributed by atoms with E-state index in [2.05, 4.69) is 15.5 Å². The van der Waals surface area contributed by atoms with Crippen LogP contribution < -0.4 is 5.32 Å². The number of carbonyl (C=O) groups excluding carboxylic acids is 1.